The molecule has 3 rings (SSSR count). The van der Waals surface area contributed by atoms with Gasteiger partial charge in [-0.2, -0.15) is 5.10 Å². The summed E-state index contributed by atoms with van der Waals surface area (Å²) in [6, 6.07) is 9.98. The van der Waals surface area contributed by atoms with E-state index in [1.807, 2.05) is 59.0 Å². The van der Waals surface area contributed by atoms with Crippen LogP contribution in [-0.4, -0.2) is 26.4 Å². The third-order valence-electron chi connectivity index (χ3n) is 3.19. The maximum Gasteiger partial charge on any atom is 0.160 e. The molecule has 3 aromatic rings. The van der Waals surface area contributed by atoms with Crippen LogP contribution < -0.4 is 4.74 Å². The highest BCUT2D eigenvalue weighted by molar-refractivity contribution is 5.48. The van der Waals surface area contributed by atoms with E-state index in [1.54, 1.807) is 13.3 Å². The lowest BCUT2D eigenvalue weighted by atomic mass is 10.2. The SMILES string of the molecule is COc1ccc(Cn2ccc(-c3nccn3C)n2)cc1. The van der Waals surface area contributed by atoms with Gasteiger partial charge in [0.1, 0.15) is 11.4 Å². The summed E-state index contributed by atoms with van der Waals surface area (Å²) in [6.07, 6.45) is 5.66. The molecule has 20 heavy (non-hydrogen) atoms. The molecular formula is C15H16N4O. The zero-order chi connectivity index (χ0) is 13.9. The van der Waals surface area contributed by atoms with Gasteiger partial charge in [-0.1, -0.05) is 12.1 Å². The van der Waals surface area contributed by atoms with Crippen molar-refractivity contribution in [3.63, 3.8) is 0 Å². The van der Waals surface area contributed by atoms with Crippen molar-refractivity contribution in [2.75, 3.05) is 7.11 Å². The summed E-state index contributed by atoms with van der Waals surface area (Å²) in [5.74, 6) is 1.74. The van der Waals surface area contributed by atoms with Crippen molar-refractivity contribution < 1.29 is 4.74 Å². The molecule has 0 aliphatic heterocycles. The fourth-order valence-corrected chi connectivity index (χ4v) is 2.10. The Morgan fingerprint density at radius 2 is 1.90 bits per heavy atom. The molecule has 5 nitrogen and oxygen atoms in total. The Labute approximate surface area is 117 Å². The summed E-state index contributed by atoms with van der Waals surface area (Å²) in [7, 11) is 3.63. The van der Waals surface area contributed by atoms with Gasteiger partial charge in [0.05, 0.1) is 13.7 Å². The molecule has 0 unspecified atom stereocenters. The number of imidazole rings is 1. The second kappa shape index (κ2) is 5.21. The summed E-state index contributed by atoms with van der Waals surface area (Å²) < 4.78 is 9.02. The summed E-state index contributed by atoms with van der Waals surface area (Å²) in [5.41, 5.74) is 2.06. The summed E-state index contributed by atoms with van der Waals surface area (Å²) >= 11 is 0. The van der Waals surface area contributed by atoms with E-state index in [-0.39, 0.29) is 0 Å². The lowest BCUT2D eigenvalue weighted by Gasteiger charge is -2.04. The molecule has 0 aliphatic carbocycles. The number of hydrogen-bond acceptors (Lipinski definition) is 3. The first kappa shape index (κ1) is 12.5. The highest BCUT2D eigenvalue weighted by Gasteiger charge is 2.07. The zero-order valence-corrected chi connectivity index (χ0v) is 11.5. The van der Waals surface area contributed by atoms with Gasteiger partial charge in [0.25, 0.3) is 0 Å². The van der Waals surface area contributed by atoms with Crippen LogP contribution in [0.1, 0.15) is 5.56 Å². The number of aromatic nitrogens is 4. The standard InChI is InChI=1S/C15H16N4O/c1-18-10-8-16-15(18)14-7-9-19(17-14)11-12-3-5-13(20-2)6-4-12/h3-10H,11H2,1-2H3. The van der Waals surface area contributed by atoms with Crippen molar-refractivity contribution in [3.8, 4) is 17.3 Å². The van der Waals surface area contributed by atoms with Gasteiger partial charge in [0.2, 0.25) is 0 Å². The molecule has 1 aromatic carbocycles. The summed E-state index contributed by atoms with van der Waals surface area (Å²) in [4.78, 5) is 4.30. The van der Waals surface area contributed by atoms with Crippen molar-refractivity contribution in [2.45, 2.75) is 6.54 Å². The number of ether oxygens (including phenoxy) is 1. The molecular weight excluding hydrogens is 252 g/mol. The lowest BCUT2D eigenvalue weighted by Crippen LogP contribution is -2.01. The maximum absolute atomic E-state index is 5.15. The first-order valence-corrected chi connectivity index (χ1v) is 6.40. The van der Waals surface area contributed by atoms with Gasteiger partial charge in [0.15, 0.2) is 5.82 Å². The van der Waals surface area contributed by atoms with Crippen LogP contribution in [-0.2, 0) is 13.6 Å². The Bertz CT molecular complexity index is 697. The van der Waals surface area contributed by atoms with E-state index in [9.17, 15) is 0 Å². The number of methoxy groups -OCH3 is 1. The van der Waals surface area contributed by atoms with Crippen LogP contribution in [0, 0.1) is 0 Å². The molecule has 0 radical (unpaired) electrons. The monoisotopic (exact) mass is 268 g/mol. The van der Waals surface area contributed by atoms with E-state index in [0.717, 1.165) is 23.8 Å². The Morgan fingerprint density at radius 1 is 1.10 bits per heavy atom. The van der Waals surface area contributed by atoms with Crippen molar-refractivity contribution in [3.05, 3.63) is 54.5 Å². The van der Waals surface area contributed by atoms with Crippen LogP contribution in [0.3, 0.4) is 0 Å². The molecule has 2 heterocycles. The lowest BCUT2D eigenvalue weighted by molar-refractivity contribution is 0.414. The smallest absolute Gasteiger partial charge is 0.160 e. The number of rotatable bonds is 4. The minimum Gasteiger partial charge on any atom is -0.497 e. The highest BCUT2D eigenvalue weighted by Crippen LogP contribution is 2.15. The summed E-state index contributed by atoms with van der Waals surface area (Å²) in [6.45, 7) is 0.731. The van der Waals surface area contributed by atoms with E-state index in [0.29, 0.717) is 0 Å². The molecule has 0 saturated carbocycles. The van der Waals surface area contributed by atoms with Gasteiger partial charge in [-0.25, -0.2) is 4.98 Å². The maximum atomic E-state index is 5.15. The number of hydrogen-bond donors (Lipinski definition) is 0. The first-order valence-electron chi connectivity index (χ1n) is 6.40. The van der Waals surface area contributed by atoms with Gasteiger partial charge in [0, 0.05) is 25.6 Å². The fourth-order valence-electron chi connectivity index (χ4n) is 2.10. The fraction of sp³-hybridized carbons (Fsp3) is 0.200. The van der Waals surface area contributed by atoms with Crippen LogP contribution >= 0.6 is 0 Å². The van der Waals surface area contributed by atoms with E-state index < -0.39 is 0 Å². The third-order valence-corrected chi connectivity index (χ3v) is 3.19. The Kier molecular flexibility index (Phi) is 3.25. The minimum atomic E-state index is 0.731. The molecule has 0 aliphatic rings. The zero-order valence-electron chi connectivity index (χ0n) is 11.5. The second-order valence-electron chi connectivity index (χ2n) is 4.61. The van der Waals surface area contributed by atoms with Gasteiger partial charge in [-0.05, 0) is 23.8 Å². The van der Waals surface area contributed by atoms with E-state index in [1.165, 1.54) is 5.56 Å². The molecule has 0 bridgehead atoms. The average Bonchev–Trinajstić information content (AvgIpc) is 3.08. The Hall–Kier alpha value is -2.56. The minimum absolute atomic E-state index is 0.731. The summed E-state index contributed by atoms with van der Waals surface area (Å²) in [5, 5.41) is 4.55. The van der Waals surface area contributed by atoms with Gasteiger partial charge in [-0.3, -0.25) is 4.68 Å². The normalized spacial score (nSPS) is 10.7. The van der Waals surface area contributed by atoms with Gasteiger partial charge < -0.3 is 9.30 Å². The van der Waals surface area contributed by atoms with Crippen LogP contribution in [0.2, 0.25) is 0 Å². The third kappa shape index (κ3) is 2.42. The molecule has 0 atom stereocenters. The second-order valence-corrected chi connectivity index (χ2v) is 4.61. The number of aryl methyl sites for hydroxylation is 1. The quantitative estimate of drug-likeness (QED) is 0.729. The molecule has 102 valence electrons. The van der Waals surface area contributed by atoms with Crippen LogP contribution in [0.4, 0.5) is 0 Å². The molecule has 0 fully saturated rings. The van der Waals surface area contributed by atoms with Gasteiger partial charge >= 0.3 is 0 Å². The van der Waals surface area contributed by atoms with Crippen LogP contribution in [0.15, 0.2) is 48.9 Å². The number of nitrogens with zero attached hydrogens (tertiary/aromatic N) is 4. The highest BCUT2D eigenvalue weighted by atomic mass is 16.5. The Balaban J connectivity index is 1.78. The van der Waals surface area contributed by atoms with Crippen molar-refractivity contribution in [1.82, 2.24) is 19.3 Å². The van der Waals surface area contributed by atoms with Crippen LogP contribution in [0.25, 0.3) is 11.5 Å². The molecule has 2 aromatic heterocycles. The molecule has 0 N–H and O–H groups in total. The van der Waals surface area contributed by atoms with Crippen molar-refractivity contribution >= 4 is 0 Å². The molecule has 0 amide bonds. The topological polar surface area (TPSA) is 44.9 Å². The number of benzene rings is 1. The predicted octanol–water partition coefficient (Wildman–Crippen LogP) is 2.34. The largest absolute Gasteiger partial charge is 0.497 e. The van der Waals surface area contributed by atoms with Crippen molar-refractivity contribution in [1.29, 1.82) is 0 Å². The van der Waals surface area contributed by atoms with E-state index in [2.05, 4.69) is 10.1 Å². The molecule has 5 heteroatoms. The van der Waals surface area contributed by atoms with Crippen molar-refractivity contribution in [2.24, 2.45) is 7.05 Å². The Morgan fingerprint density at radius 3 is 2.55 bits per heavy atom. The van der Waals surface area contributed by atoms with Gasteiger partial charge in [-0.15, -0.1) is 0 Å². The first-order chi connectivity index (χ1) is 9.76. The molecule has 0 spiro atoms. The molecule has 0 saturated heterocycles. The average molecular weight is 268 g/mol. The van der Waals surface area contributed by atoms with E-state index in [4.69, 9.17) is 4.74 Å². The van der Waals surface area contributed by atoms with E-state index >= 15 is 0 Å². The predicted molar refractivity (Wildman–Crippen MR) is 76.5 cm³/mol. The van der Waals surface area contributed by atoms with Crippen LogP contribution in [0.5, 0.6) is 5.75 Å².